The number of aromatic hydroxyl groups is 1. The fourth-order valence-electron chi connectivity index (χ4n) is 1.48. The SMILES string of the molecule is COCCc1noc(-c2ccc(C)cc2O)n1. The van der Waals surface area contributed by atoms with E-state index in [2.05, 4.69) is 10.1 Å². The molecule has 90 valence electrons. The van der Waals surface area contributed by atoms with Gasteiger partial charge in [0.1, 0.15) is 5.75 Å². The Morgan fingerprint density at radius 2 is 2.24 bits per heavy atom. The molecule has 0 bridgehead atoms. The van der Waals surface area contributed by atoms with Crippen LogP contribution in [0.1, 0.15) is 11.4 Å². The molecule has 0 radical (unpaired) electrons. The number of hydrogen-bond acceptors (Lipinski definition) is 5. The van der Waals surface area contributed by atoms with Gasteiger partial charge in [-0.05, 0) is 24.6 Å². The molecular formula is C12H14N2O3. The van der Waals surface area contributed by atoms with E-state index >= 15 is 0 Å². The highest BCUT2D eigenvalue weighted by molar-refractivity contribution is 5.62. The molecule has 0 atom stereocenters. The fourth-order valence-corrected chi connectivity index (χ4v) is 1.48. The van der Waals surface area contributed by atoms with Crippen LogP contribution < -0.4 is 0 Å². The van der Waals surface area contributed by atoms with E-state index < -0.39 is 0 Å². The average molecular weight is 234 g/mol. The molecule has 0 aliphatic carbocycles. The Bertz CT molecular complexity index is 508. The minimum Gasteiger partial charge on any atom is -0.507 e. The molecule has 2 aromatic rings. The zero-order valence-electron chi connectivity index (χ0n) is 9.80. The van der Waals surface area contributed by atoms with Gasteiger partial charge >= 0.3 is 0 Å². The van der Waals surface area contributed by atoms with Crippen molar-refractivity contribution in [2.45, 2.75) is 13.3 Å². The Morgan fingerprint density at radius 1 is 1.41 bits per heavy atom. The first-order valence-electron chi connectivity index (χ1n) is 5.32. The third-order valence-electron chi connectivity index (χ3n) is 2.38. The number of aromatic nitrogens is 2. The normalized spacial score (nSPS) is 10.7. The number of methoxy groups -OCH3 is 1. The topological polar surface area (TPSA) is 68.4 Å². The lowest BCUT2D eigenvalue weighted by Crippen LogP contribution is -1.96. The van der Waals surface area contributed by atoms with Crippen LogP contribution in [0.2, 0.25) is 0 Å². The van der Waals surface area contributed by atoms with Crippen molar-refractivity contribution in [1.29, 1.82) is 0 Å². The highest BCUT2D eigenvalue weighted by Gasteiger charge is 2.12. The van der Waals surface area contributed by atoms with Crippen LogP contribution in [0, 0.1) is 6.92 Å². The van der Waals surface area contributed by atoms with Crippen LogP contribution >= 0.6 is 0 Å². The molecule has 0 fully saturated rings. The molecule has 1 N–H and O–H groups in total. The van der Waals surface area contributed by atoms with E-state index in [9.17, 15) is 5.11 Å². The van der Waals surface area contributed by atoms with Gasteiger partial charge in [0.15, 0.2) is 5.82 Å². The van der Waals surface area contributed by atoms with Crippen LogP contribution in [-0.2, 0) is 11.2 Å². The molecule has 17 heavy (non-hydrogen) atoms. The molecule has 0 amide bonds. The van der Waals surface area contributed by atoms with E-state index in [0.29, 0.717) is 30.3 Å². The van der Waals surface area contributed by atoms with E-state index in [1.807, 2.05) is 13.0 Å². The molecule has 0 unspecified atom stereocenters. The predicted octanol–water partition coefficient (Wildman–Crippen LogP) is 1.94. The maximum absolute atomic E-state index is 9.78. The average Bonchev–Trinajstić information content (AvgIpc) is 2.75. The van der Waals surface area contributed by atoms with Gasteiger partial charge in [0, 0.05) is 13.5 Å². The van der Waals surface area contributed by atoms with Crippen LogP contribution in [0.5, 0.6) is 5.75 Å². The third-order valence-corrected chi connectivity index (χ3v) is 2.38. The second kappa shape index (κ2) is 4.97. The molecule has 1 aromatic carbocycles. The van der Waals surface area contributed by atoms with Crippen molar-refractivity contribution in [3.8, 4) is 17.2 Å². The molecule has 0 saturated carbocycles. The number of aryl methyl sites for hydroxylation is 1. The first-order chi connectivity index (χ1) is 8.20. The van der Waals surface area contributed by atoms with Crippen LogP contribution in [-0.4, -0.2) is 29.0 Å². The van der Waals surface area contributed by atoms with E-state index in [1.54, 1.807) is 19.2 Å². The lowest BCUT2D eigenvalue weighted by molar-refractivity contribution is 0.199. The molecule has 1 aromatic heterocycles. The molecule has 0 aliphatic heterocycles. The van der Waals surface area contributed by atoms with Crippen molar-refractivity contribution in [2.75, 3.05) is 13.7 Å². The monoisotopic (exact) mass is 234 g/mol. The summed E-state index contributed by atoms with van der Waals surface area (Å²) in [5.74, 6) is 1.04. The van der Waals surface area contributed by atoms with E-state index in [1.165, 1.54) is 0 Å². The maximum atomic E-state index is 9.78. The Labute approximate surface area is 99.0 Å². The van der Waals surface area contributed by atoms with Crippen molar-refractivity contribution in [3.05, 3.63) is 29.6 Å². The third kappa shape index (κ3) is 2.62. The summed E-state index contributed by atoms with van der Waals surface area (Å²) in [6.07, 6.45) is 0.590. The van der Waals surface area contributed by atoms with Crippen molar-refractivity contribution in [3.63, 3.8) is 0 Å². The lowest BCUT2D eigenvalue weighted by atomic mass is 10.1. The van der Waals surface area contributed by atoms with Crippen molar-refractivity contribution >= 4 is 0 Å². The number of rotatable bonds is 4. The zero-order chi connectivity index (χ0) is 12.3. The second-order valence-corrected chi connectivity index (χ2v) is 3.78. The van der Waals surface area contributed by atoms with Gasteiger partial charge in [0.05, 0.1) is 12.2 Å². The van der Waals surface area contributed by atoms with Gasteiger partial charge in [-0.3, -0.25) is 0 Å². The van der Waals surface area contributed by atoms with E-state index in [4.69, 9.17) is 9.26 Å². The van der Waals surface area contributed by atoms with Gasteiger partial charge in [0.2, 0.25) is 0 Å². The van der Waals surface area contributed by atoms with Gasteiger partial charge in [-0.25, -0.2) is 0 Å². The summed E-state index contributed by atoms with van der Waals surface area (Å²) in [7, 11) is 1.62. The van der Waals surface area contributed by atoms with Gasteiger partial charge in [-0.1, -0.05) is 11.2 Å². The lowest BCUT2D eigenvalue weighted by Gasteiger charge is -1.99. The van der Waals surface area contributed by atoms with E-state index in [0.717, 1.165) is 5.56 Å². The number of benzene rings is 1. The summed E-state index contributed by atoms with van der Waals surface area (Å²) in [4.78, 5) is 4.19. The van der Waals surface area contributed by atoms with Crippen molar-refractivity contribution in [1.82, 2.24) is 10.1 Å². The van der Waals surface area contributed by atoms with Gasteiger partial charge in [0.25, 0.3) is 5.89 Å². The maximum Gasteiger partial charge on any atom is 0.261 e. The van der Waals surface area contributed by atoms with Gasteiger partial charge < -0.3 is 14.4 Å². The predicted molar refractivity (Wildman–Crippen MR) is 61.7 cm³/mol. The summed E-state index contributed by atoms with van der Waals surface area (Å²) >= 11 is 0. The standard InChI is InChI=1S/C12H14N2O3/c1-8-3-4-9(10(15)7-8)12-13-11(14-17-12)5-6-16-2/h3-4,7,15H,5-6H2,1-2H3. The van der Waals surface area contributed by atoms with Crippen LogP contribution in [0.4, 0.5) is 0 Å². The van der Waals surface area contributed by atoms with E-state index in [-0.39, 0.29) is 5.75 Å². The summed E-state index contributed by atoms with van der Waals surface area (Å²) in [6, 6.07) is 5.31. The van der Waals surface area contributed by atoms with Gasteiger partial charge in [-0.2, -0.15) is 4.98 Å². The Balaban J connectivity index is 2.24. The molecule has 5 nitrogen and oxygen atoms in total. The Morgan fingerprint density at radius 3 is 2.94 bits per heavy atom. The number of phenols is 1. The Kier molecular flexibility index (Phi) is 3.39. The van der Waals surface area contributed by atoms with Crippen LogP contribution in [0.15, 0.2) is 22.7 Å². The molecule has 5 heteroatoms. The van der Waals surface area contributed by atoms with Crippen LogP contribution in [0.3, 0.4) is 0 Å². The number of phenolic OH excluding ortho intramolecular Hbond substituents is 1. The zero-order valence-corrected chi connectivity index (χ0v) is 9.80. The minimum atomic E-state index is 0.145. The van der Waals surface area contributed by atoms with Gasteiger partial charge in [-0.15, -0.1) is 0 Å². The largest absolute Gasteiger partial charge is 0.507 e. The molecule has 0 spiro atoms. The Hall–Kier alpha value is -1.88. The highest BCUT2D eigenvalue weighted by atomic mass is 16.5. The minimum absolute atomic E-state index is 0.145. The fraction of sp³-hybridized carbons (Fsp3) is 0.333. The molecule has 2 rings (SSSR count). The summed E-state index contributed by atoms with van der Waals surface area (Å²) in [5.41, 5.74) is 1.53. The molecule has 0 saturated heterocycles. The number of hydrogen-bond donors (Lipinski definition) is 1. The highest BCUT2D eigenvalue weighted by Crippen LogP contribution is 2.28. The number of nitrogens with zero attached hydrogens (tertiary/aromatic N) is 2. The van der Waals surface area contributed by atoms with Crippen LogP contribution in [0.25, 0.3) is 11.5 Å². The summed E-state index contributed by atoms with van der Waals surface area (Å²) in [6.45, 7) is 2.44. The van der Waals surface area contributed by atoms with Crippen molar-refractivity contribution < 1.29 is 14.4 Å². The molecular weight excluding hydrogens is 220 g/mol. The second-order valence-electron chi connectivity index (χ2n) is 3.78. The molecule has 0 aliphatic rings. The first-order valence-corrected chi connectivity index (χ1v) is 5.32. The first kappa shape index (κ1) is 11.6. The summed E-state index contributed by atoms with van der Waals surface area (Å²) < 4.78 is 10.0. The summed E-state index contributed by atoms with van der Waals surface area (Å²) in [5, 5.41) is 13.6. The quantitative estimate of drug-likeness (QED) is 0.875. The smallest absolute Gasteiger partial charge is 0.261 e. The molecule has 1 heterocycles. The number of ether oxygens (including phenoxy) is 1. The van der Waals surface area contributed by atoms with Crippen molar-refractivity contribution in [2.24, 2.45) is 0 Å².